The van der Waals surface area contributed by atoms with Gasteiger partial charge in [0.25, 0.3) is 5.91 Å². The first kappa shape index (κ1) is 28.0. The highest BCUT2D eigenvalue weighted by Gasteiger charge is 2.32. The second kappa shape index (κ2) is 11.9. The lowest BCUT2D eigenvalue weighted by Crippen LogP contribution is -2.42. The summed E-state index contributed by atoms with van der Waals surface area (Å²) in [5, 5.41) is 14.1. The zero-order valence-corrected chi connectivity index (χ0v) is 19.4. The van der Waals surface area contributed by atoms with E-state index in [-0.39, 0.29) is 30.3 Å². The summed E-state index contributed by atoms with van der Waals surface area (Å²) in [7, 11) is 0. The second-order valence-corrected chi connectivity index (χ2v) is 8.15. The van der Waals surface area contributed by atoms with Gasteiger partial charge in [0, 0.05) is 12.1 Å². The van der Waals surface area contributed by atoms with E-state index in [9.17, 15) is 32.7 Å². The van der Waals surface area contributed by atoms with Crippen molar-refractivity contribution in [3.05, 3.63) is 59.2 Å². The summed E-state index contributed by atoms with van der Waals surface area (Å²) in [5.41, 5.74) is 9.71. The van der Waals surface area contributed by atoms with Crippen molar-refractivity contribution in [2.75, 3.05) is 11.9 Å². The molecular weight excluding hydrogens is 483 g/mol. The number of carbonyl (C=O) groups excluding carboxylic acids is 2. The zero-order chi connectivity index (χ0) is 27.0. The molecule has 0 aliphatic heterocycles. The van der Waals surface area contributed by atoms with Gasteiger partial charge in [0.15, 0.2) is 5.96 Å². The number of carboxylic acid groups (broad SMARTS) is 1. The first-order chi connectivity index (χ1) is 16.8. The maximum atomic E-state index is 13.1. The molecule has 1 atom stereocenters. The molecule has 36 heavy (non-hydrogen) atoms. The minimum absolute atomic E-state index is 0.0771. The molecule has 0 fully saturated rings. The van der Waals surface area contributed by atoms with Crippen LogP contribution in [0, 0.1) is 5.92 Å². The topological polar surface area (TPSA) is 169 Å². The van der Waals surface area contributed by atoms with Gasteiger partial charge < -0.3 is 31.9 Å². The van der Waals surface area contributed by atoms with Crippen molar-refractivity contribution in [2.24, 2.45) is 22.4 Å². The molecule has 0 saturated carbocycles. The molecule has 0 saturated heterocycles. The van der Waals surface area contributed by atoms with Crippen LogP contribution in [0.25, 0.3) is 0 Å². The number of aliphatic imine (C=N–C) groups is 1. The molecule has 2 aromatic carbocycles. The quantitative estimate of drug-likeness (QED) is 0.255. The standard InChI is InChI=1S/C23H26F3N5O5/c1-12(2)11-36-22(35)31-18(20(33)34)9-13-3-6-15(7-4-13)29-19(32)16-10-14(23(24,25)26)5-8-17(16)30-21(27)28/h3-8,10,12,18H,9,11H2,1-2H3,(H,29,32)(H,31,35)(H,33,34)(H4,27,28,30)/t18-/m0/s1. The number of amides is 2. The predicted octanol–water partition coefficient (Wildman–Crippen LogP) is 3.24. The number of guanidine groups is 1. The van der Waals surface area contributed by atoms with Gasteiger partial charge >= 0.3 is 18.2 Å². The lowest BCUT2D eigenvalue weighted by atomic mass is 10.1. The third-order valence-corrected chi connectivity index (χ3v) is 4.61. The molecule has 2 rings (SSSR count). The number of rotatable bonds is 9. The van der Waals surface area contributed by atoms with Crippen LogP contribution < -0.4 is 22.1 Å². The maximum Gasteiger partial charge on any atom is 0.416 e. The van der Waals surface area contributed by atoms with E-state index in [4.69, 9.17) is 16.2 Å². The van der Waals surface area contributed by atoms with Gasteiger partial charge in [0.05, 0.1) is 23.4 Å². The van der Waals surface area contributed by atoms with Crippen LogP contribution in [0.3, 0.4) is 0 Å². The summed E-state index contributed by atoms with van der Waals surface area (Å²) in [6.07, 6.45) is -5.64. The molecule has 10 nitrogen and oxygen atoms in total. The lowest BCUT2D eigenvalue weighted by Gasteiger charge is -2.16. The smallest absolute Gasteiger partial charge is 0.416 e. The van der Waals surface area contributed by atoms with Gasteiger partial charge in [-0.15, -0.1) is 0 Å². The van der Waals surface area contributed by atoms with Crippen LogP contribution in [0.5, 0.6) is 0 Å². The molecule has 0 aliphatic carbocycles. The SMILES string of the molecule is CC(C)COC(=O)N[C@@H](Cc1ccc(NC(=O)c2cc(C(F)(F)F)ccc2N=C(N)N)cc1)C(=O)O. The van der Waals surface area contributed by atoms with Crippen LogP contribution in [-0.4, -0.2) is 41.7 Å². The molecule has 0 radical (unpaired) electrons. The summed E-state index contributed by atoms with van der Waals surface area (Å²) in [6, 6.07) is 6.94. The number of anilines is 1. The number of benzene rings is 2. The van der Waals surface area contributed by atoms with Crippen molar-refractivity contribution in [1.82, 2.24) is 5.32 Å². The molecule has 0 aromatic heterocycles. The van der Waals surface area contributed by atoms with E-state index < -0.39 is 47.3 Å². The largest absolute Gasteiger partial charge is 0.480 e. The Morgan fingerprint density at radius 3 is 2.25 bits per heavy atom. The summed E-state index contributed by atoms with van der Waals surface area (Å²) < 4.78 is 44.3. The van der Waals surface area contributed by atoms with Crippen molar-refractivity contribution in [1.29, 1.82) is 0 Å². The fourth-order valence-electron chi connectivity index (χ4n) is 2.92. The highest BCUT2D eigenvalue weighted by atomic mass is 19.4. The zero-order valence-electron chi connectivity index (χ0n) is 19.4. The number of hydrogen-bond donors (Lipinski definition) is 5. The molecule has 0 unspecified atom stereocenters. The highest BCUT2D eigenvalue weighted by Crippen LogP contribution is 2.33. The van der Waals surface area contributed by atoms with E-state index >= 15 is 0 Å². The van der Waals surface area contributed by atoms with Gasteiger partial charge in [-0.25, -0.2) is 14.6 Å². The van der Waals surface area contributed by atoms with Crippen LogP contribution in [-0.2, 0) is 22.1 Å². The molecular formula is C23H26F3N5O5. The van der Waals surface area contributed by atoms with Crippen molar-refractivity contribution in [3.8, 4) is 0 Å². The Balaban J connectivity index is 2.16. The van der Waals surface area contributed by atoms with Crippen LogP contribution >= 0.6 is 0 Å². The van der Waals surface area contributed by atoms with E-state index in [1.807, 2.05) is 13.8 Å². The number of nitrogens with zero attached hydrogens (tertiary/aromatic N) is 1. The number of halogens is 3. The molecule has 0 aliphatic rings. The normalized spacial score (nSPS) is 11.9. The molecule has 7 N–H and O–H groups in total. The van der Waals surface area contributed by atoms with Crippen LogP contribution in [0.4, 0.5) is 29.3 Å². The van der Waals surface area contributed by atoms with Gasteiger partial charge in [0.2, 0.25) is 0 Å². The number of aliphatic carboxylic acids is 1. The lowest BCUT2D eigenvalue weighted by molar-refractivity contribution is -0.139. The first-order valence-electron chi connectivity index (χ1n) is 10.6. The van der Waals surface area contributed by atoms with Gasteiger partial charge in [-0.1, -0.05) is 26.0 Å². The molecule has 13 heteroatoms. The van der Waals surface area contributed by atoms with Crippen molar-refractivity contribution < 1.29 is 37.4 Å². The number of carboxylic acids is 1. The number of carbonyl (C=O) groups is 3. The summed E-state index contributed by atoms with van der Waals surface area (Å²) in [6.45, 7) is 3.79. The van der Waals surface area contributed by atoms with Crippen molar-refractivity contribution >= 4 is 35.3 Å². The average molecular weight is 509 g/mol. The number of nitrogens with two attached hydrogens (primary N) is 2. The van der Waals surface area contributed by atoms with E-state index in [0.29, 0.717) is 11.6 Å². The second-order valence-electron chi connectivity index (χ2n) is 8.15. The molecule has 2 amide bonds. The van der Waals surface area contributed by atoms with E-state index in [0.717, 1.165) is 12.1 Å². The fourth-order valence-corrected chi connectivity index (χ4v) is 2.92. The molecule has 0 bridgehead atoms. The van der Waals surface area contributed by atoms with Gasteiger partial charge in [-0.3, -0.25) is 4.79 Å². The highest BCUT2D eigenvalue weighted by molar-refractivity contribution is 6.08. The van der Waals surface area contributed by atoms with Crippen LogP contribution in [0.2, 0.25) is 0 Å². The van der Waals surface area contributed by atoms with Gasteiger partial charge in [0.1, 0.15) is 6.04 Å². The van der Waals surface area contributed by atoms with Crippen LogP contribution in [0.1, 0.15) is 35.3 Å². The van der Waals surface area contributed by atoms with E-state index in [1.54, 1.807) is 0 Å². The molecule has 0 heterocycles. The number of ether oxygens (including phenoxy) is 1. The minimum atomic E-state index is -4.69. The summed E-state index contributed by atoms with van der Waals surface area (Å²) >= 11 is 0. The number of hydrogen-bond acceptors (Lipinski definition) is 5. The van der Waals surface area contributed by atoms with Crippen molar-refractivity contribution in [3.63, 3.8) is 0 Å². The number of alkyl carbamates (subject to hydrolysis) is 1. The molecule has 2 aromatic rings. The molecule has 0 spiro atoms. The average Bonchev–Trinajstić information content (AvgIpc) is 2.77. The maximum absolute atomic E-state index is 13.1. The Bertz CT molecular complexity index is 1130. The summed E-state index contributed by atoms with van der Waals surface area (Å²) in [5.74, 6) is -2.53. The first-order valence-corrected chi connectivity index (χ1v) is 10.6. The minimum Gasteiger partial charge on any atom is -0.480 e. The monoisotopic (exact) mass is 509 g/mol. The number of alkyl halides is 3. The summed E-state index contributed by atoms with van der Waals surface area (Å²) in [4.78, 5) is 39.7. The van der Waals surface area contributed by atoms with E-state index in [2.05, 4.69) is 15.6 Å². The van der Waals surface area contributed by atoms with Crippen LogP contribution in [0.15, 0.2) is 47.5 Å². The Labute approximate surface area is 204 Å². The third-order valence-electron chi connectivity index (χ3n) is 4.61. The number of nitrogens with one attached hydrogen (secondary N) is 2. The Hall–Kier alpha value is -4.29. The third kappa shape index (κ3) is 8.49. The van der Waals surface area contributed by atoms with Gasteiger partial charge in [-0.2, -0.15) is 13.2 Å². The molecule has 194 valence electrons. The Morgan fingerprint density at radius 1 is 1.08 bits per heavy atom. The van der Waals surface area contributed by atoms with Crippen molar-refractivity contribution in [2.45, 2.75) is 32.5 Å². The Kier molecular flexibility index (Phi) is 9.25. The van der Waals surface area contributed by atoms with Gasteiger partial charge in [-0.05, 0) is 41.8 Å². The Morgan fingerprint density at radius 2 is 1.72 bits per heavy atom. The fraction of sp³-hybridized carbons (Fsp3) is 0.304. The predicted molar refractivity (Wildman–Crippen MR) is 126 cm³/mol. The van der Waals surface area contributed by atoms with E-state index in [1.165, 1.54) is 24.3 Å².